The van der Waals surface area contributed by atoms with Crippen molar-refractivity contribution in [3.8, 4) is 0 Å². The van der Waals surface area contributed by atoms with Crippen molar-refractivity contribution in [2.24, 2.45) is 0 Å². The third kappa shape index (κ3) is 6.04. The summed E-state index contributed by atoms with van der Waals surface area (Å²) in [5, 5.41) is 2.98. The lowest BCUT2D eigenvalue weighted by Gasteiger charge is -2.10. The Morgan fingerprint density at radius 3 is 2.30 bits per heavy atom. The van der Waals surface area contributed by atoms with Gasteiger partial charge < -0.3 is 5.32 Å². The van der Waals surface area contributed by atoms with Gasteiger partial charge in [0.2, 0.25) is 15.9 Å². The van der Waals surface area contributed by atoms with E-state index in [-0.39, 0.29) is 46.6 Å². The van der Waals surface area contributed by atoms with E-state index in [9.17, 15) is 18.0 Å². The van der Waals surface area contributed by atoms with Crippen LogP contribution in [0.2, 0.25) is 10.0 Å². The Morgan fingerprint density at radius 1 is 1.00 bits per heavy atom. The number of carbonyl (C=O) groups is 2. The van der Waals surface area contributed by atoms with Crippen molar-refractivity contribution in [2.45, 2.75) is 24.3 Å². The maximum absolute atomic E-state index is 12.6. The van der Waals surface area contributed by atoms with E-state index in [1.165, 1.54) is 25.2 Å². The van der Waals surface area contributed by atoms with Gasteiger partial charge in [0.1, 0.15) is 4.90 Å². The predicted octanol–water partition coefficient (Wildman–Crippen LogP) is 3.18. The van der Waals surface area contributed by atoms with Crippen molar-refractivity contribution in [3.05, 3.63) is 63.6 Å². The normalized spacial score (nSPS) is 11.2. The number of halogens is 2. The molecule has 0 unspecified atom stereocenters. The first-order valence-corrected chi connectivity index (χ1v) is 10.2. The minimum absolute atomic E-state index is 0.00135. The molecule has 9 heteroatoms. The monoisotopic (exact) mass is 428 g/mol. The second-order valence-electron chi connectivity index (χ2n) is 5.69. The van der Waals surface area contributed by atoms with Crippen LogP contribution in [0.15, 0.2) is 47.4 Å². The number of carbonyl (C=O) groups excluding carboxylic acids is 2. The van der Waals surface area contributed by atoms with Gasteiger partial charge in [0.05, 0.1) is 5.02 Å². The van der Waals surface area contributed by atoms with Gasteiger partial charge in [-0.1, -0.05) is 35.3 Å². The summed E-state index contributed by atoms with van der Waals surface area (Å²) in [6.07, 6.45) is -0.00609. The van der Waals surface area contributed by atoms with Gasteiger partial charge in [0, 0.05) is 37.0 Å². The number of Topliss-reactive ketones (excluding diaryl/α,β-unsaturated/α-hetero) is 1. The summed E-state index contributed by atoms with van der Waals surface area (Å²) in [4.78, 5) is 23.3. The van der Waals surface area contributed by atoms with Crippen LogP contribution in [-0.4, -0.2) is 27.2 Å². The van der Waals surface area contributed by atoms with E-state index in [1.807, 2.05) is 0 Å². The molecule has 2 aromatic carbocycles. The zero-order chi connectivity index (χ0) is 20.0. The molecule has 27 heavy (non-hydrogen) atoms. The van der Waals surface area contributed by atoms with Gasteiger partial charge in [0.25, 0.3) is 0 Å². The van der Waals surface area contributed by atoms with Crippen LogP contribution in [0.25, 0.3) is 0 Å². The number of nitrogens with one attached hydrogen (secondary N) is 2. The summed E-state index contributed by atoms with van der Waals surface area (Å²) in [5.74, 6) is -0.612. The molecule has 0 atom stereocenters. The van der Waals surface area contributed by atoms with Gasteiger partial charge in [-0.25, -0.2) is 13.1 Å². The number of ketones is 1. The molecular weight excluding hydrogens is 411 g/mol. The van der Waals surface area contributed by atoms with Gasteiger partial charge in [-0.05, 0) is 35.9 Å². The first-order chi connectivity index (χ1) is 12.7. The van der Waals surface area contributed by atoms with E-state index in [1.54, 1.807) is 24.3 Å². The Morgan fingerprint density at radius 2 is 1.67 bits per heavy atom. The Hall–Kier alpha value is -1.93. The van der Waals surface area contributed by atoms with Crippen molar-refractivity contribution in [1.29, 1.82) is 0 Å². The molecule has 0 radical (unpaired) electrons. The SMILES string of the molecule is CNC(=O)CCC(=O)c1ccc(Cl)c(S(=O)(=O)NCc2ccc(Cl)cc2)c1. The van der Waals surface area contributed by atoms with Gasteiger partial charge >= 0.3 is 0 Å². The lowest BCUT2D eigenvalue weighted by molar-refractivity contribution is -0.120. The smallest absolute Gasteiger partial charge is 0.242 e. The topological polar surface area (TPSA) is 92.3 Å². The van der Waals surface area contributed by atoms with Crippen LogP contribution in [0.5, 0.6) is 0 Å². The molecule has 1 amide bonds. The predicted molar refractivity (Wildman–Crippen MR) is 105 cm³/mol. The number of benzene rings is 2. The average molecular weight is 429 g/mol. The minimum atomic E-state index is -3.94. The molecule has 0 bridgehead atoms. The number of amides is 1. The highest BCUT2D eigenvalue weighted by molar-refractivity contribution is 7.89. The molecule has 0 fully saturated rings. The Labute approximate surface area is 167 Å². The lowest BCUT2D eigenvalue weighted by atomic mass is 10.1. The maximum Gasteiger partial charge on any atom is 0.242 e. The highest BCUT2D eigenvalue weighted by Crippen LogP contribution is 2.24. The second kappa shape index (κ2) is 9.32. The van der Waals surface area contributed by atoms with Crippen LogP contribution in [-0.2, 0) is 21.4 Å². The fourth-order valence-electron chi connectivity index (χ4n) is 2.24. The number of rotatable bonds is 8. The standard InChI is InChI=1S/C18H18Cl2N2O4S/c1-21-18(24)9-8-16(23)13-4-7-15(20)17(10-13)27(25,26)22-11-12-2-5-14(19)6-3-12/h2-7,10,22H,8-9,11H2,1H3,(H,21,24). The highest BCUT2D eigenvalue weighted by Gasteiger charge is 2.20. The minimum Gasteiger partial charge on any atom is -0.359 e. The van der Waals surface area contributed by atoms with Crippen LogP contribution < -0.4 is 10.0 Å². The van der Waals surface area contributed by atoms with Crippen LogP contribution in [0.3, 0.4) is 0 Å². The lowest BCUT2D eigenvalue weighted by Crippen LogP contribution is -2.24. The molecule has 0 aliphatic heterocycles. The van der Waals surface area contributed by atoms with Gasteiger partial charge in [-0.2, -0.15) is 0 Å². The molecule has 0 saturated heterocycles. The first-order valence-electron chi connectivity index (χ1n) is 8.00. The molecule has 6 nitrogen and oxygen atoms in total. The Balaban J connectivity index is 2.16. The van der Waals surface area contributed by atoms with Gasteiger partial charge in [-0.3, -0.25) is 9.59 Å². The Bertz CT molecular complexity index is 944. The van der Waals surface area contributed by atoms with Crippen molar-refractivity contribution in [1.82, 2.24) is 10.0 Å². The van der Waals surface area contributed by atoms with Crippen molar-refractivity contribution >= 4 is 44.9 Å². The largest absolute Gasteiger partial charge is 0.359 e. The molecule has 2 rings (SSSR count). The molecule has 0 aliphatic rings. The van der Waals surface area contributed by atoms with E-state index in [0.717, 1.165) is 5.56 Å². The zero-order valence-electron chi connectivity index (χ0n) is 14.5. The summed E-state index contributed by atoms with van der Waals surface area (Å²) >= 11 is 11.8. The highest BCUT2D eigenvalue weighted by atomic mass is 35.5. The van der Waals surface area contributed by atoms with E-state index in [0.29, 0.717) is 5.02 Å². The van der Waals surface area contributed by atoms with Crippen molar-refractivity contribution < 1.29 is 18.0 Å². The molecule has 144 valence electrons. The molecule has 0 aromatic heterocycles. The number of sulfonamides is 1. The van der Waals surface area contributed by atoms with E-state index >= 15 is 0 Å². The molecular formula is C18H18Cl2N2O4S. The maximum atomic E-state index is 12.6. The van der Waals surface area contributed by atoms with E-state index < -0.39 is 10.0 Å². The number of hydrogen-bond donors (Lipinski definition) is 2. The third-order valence-electron chi connectivity index (χ3n) is 3.78. The van der Waals surface area contributed by atoms with Crippen LogP contribution in [0.1, 0.15) is 28.8 Å². The summed E-state index contributed by atoms with van der Waals surface area (Å²) in [6.45, 7) is 0.0463. The van der Waals surface area contributed by atoms with Crippen molar-refractivity contribution in [3.63, 3.8) is 0 Å². The first kappa shape index (κ1) is 21.4. The second-order valence-corrected chi connectivity index (χ2v) is 8.27. The van der Waals surface area contributed by atoms with E-state index in [4.69, 9.17) is 23.2 Å². The average Bonchev–Trinajstić information content (AvgIpc) is 2.65. The van der Waals surface area contributed by atoms with Crippen molar-refractivity contribution in [2.75, 3.05) is 7.05 Å². The fourth-order valence-corrected chi connectivity index (χ4v) is 3.90. The number of hydrogen-bond acceptors (Lipinski definition) is 4. The molecule has 2 N–H and O–H groups in total. The Kier molecular flexibility index (Phi) is 7.38. The molecule has 0 heterocycles. The summed E-state index contributed by atoms with van der Waals surface area (Å²) in [7, 11) is -2.46. The quantitative estimate of drug-likeness (QED) is 0.631. The molecule has 0 aliphatic carbocycles. The van der Waals surface area contributed by atoms with Crippen LogP contribution >= 0.6 is 23.2 Å². The summed E-state index contributed by atoms with van der Waals surface area (Å²) < 4.78 is 27.6. The van der Waals surface area contributed by atoms with Gasteiger partial charge in [-0.15, -0.1) is 0 Å². The molecule has 0 saturated carbocycles. The summed E-state index contributed by atoms with van der Waals surface area (Å²) in [6, 6.07) is 10.7. The third-order valence-corrected chi connectivity index (χ3v) is 5.92. The van der Waals surface area contributed by atoms with Gasteiger partial charge in [0.15, 0.2) is 5.78 Å². The molecule has 0 spiro atoms. The van der Waals surface area contributed by atoms with Crippen LogP contribution in [0.4, 0.5) is 0 Å². The molecule has 2 aromatic rings. The fraction of sp³-hybridized carbons (Fsp3) is 0.222. The van der Waals surface area contributed by atoms with E-state index in [2.05, 4.69) is 10.0 Å². The zero-order valence-corrected chi connectivity index (χ0v) is 16.8. The summed E-state index contributed by atoms with van der Waals surface area (Å²) in [5.41, 5.74) is 0.895. The van der Waals surface area contributed by atoms with Crippen LogP contribution in [0, 0.1) is 0 Å².